The average Bonchev–Trinajstić information content (AvgIpc) is 2.81. The van der Waals surface area contributed by atoms with E-state index in [1.165, 1.54) is 37.0 Å². The van der Waals surface area contributed by atoms with Gasteiger partial charge in [0.25, 0.3) is 0 Å². The number of nitrogens with one attached hydrogen (secondary N) is 1. The van der Waals surface area contributed by atoms with Gasteiger partial charge in [0.05, 0.1) is 4.34 Å². The van der Waals surface area contributed by atoms with Crippen LogP contribution in [0.4, 0.5) is 0 Å². The fourth-order valence-corrected chi connectivity index (χ4v) is 3.68. The highest BCUT2D eigenvalue weighted by Crippen LogP contribution is 2.22. The molecule has 0 amide bonds. The van der Waals surface area contributed by atoms with Crippen molar-refractivity contribution in [1.29, 1.82) is 0 Å². The highest BCUT2D eigenvalue weighted by atomic mass is 35.5. The van der Waals surface area contributed by atoms with E-state index >= 15 is 0 Å². The zero-order valence-corrected chi connectivity index (χ0v) is 12.7. The number of nitrogens with zero attached hydrogens (tertiary/aromatic N) is 1. The number of halogens is 1. The SMILES string of the molecule is CN(CCNCc1ccc(Cl)s1)C1CCCCC1. The van der Waals surface area contributed by atoms with E-state index in [0.717, 1.165) is 30.0 Å². The third-order valence-corrected chi connectivity index (χ3v) is 5.00. The fourth-order valence-electron chi connectivity index (χ4n) is 2.62. The lowest BCUT2D eigenvalue weighted by molar-refractivity contribution is 0.192. The van der Waals surface area contributed by atoms with Crippen LogP contribution in [0.1, 0.15) is 37.0 Å². The van der Waals surface area contributed by atoms with Crippen LogP contribution in [0.15, 0.2) is 12.1 Å². The summed E-state index contributed by atoms with van der Waals surface area (Å²) in [5.74, 6) is 0. The molecular weight excluding hydrogens is 264 g/mol. The van der Waals surface area contributed by atoms with Crippen LogP contribution in [0.2, 0.25) is 4.34 Å². The summed E-state index contributed by atoms with van der Waals surface area (Å²) < 4.78 is 0.881. The largest absolute Gasteiger partial charge is 0.311 e. The zero-order chi connectivity index (χ0) is 12.8. The second kappa shape index (κ2) is 7.49. The van der Waals surface area contributed by atoms with Crippen LogP contribution in [0.5, 0.6) is 0 Å². The molecule has 0 atom stereocenters. The molecule has 1 fully saturated rings. The Hall–Kier alpha value is -0.0900. The molecule has 0 radical (unpaired) electrons. The summed E-state index contributed by atoms with van der Waals surface area (Å²) in [6.07, 6.45) is 7.03. The summed E-state index contributed by atoms with van der Waals surface area (Å²) in [5.41, 5.74) is 0. The second-order valence-corrected chi connectivity index (χ2v) is 6.95. The van der Waals surface area contributed by atoms with Crippen LogP contribution in [-0.2, 0) is 6.54 Å². The Morgan fingerprint density at radius 1 is 1.33 bits per heavy atom. The molecule has 0 spiro atoms. The maximum Gasteiger partial charge on any atom is 0.0931 e. The first kappa shape index (κ1) is 14.3. The van der Waals surface area contributed by atoms with Crippen LogP contribution in [0, 0.1) is 0 Å². The van der Waals surface area contributed by atoms with Crippen LogP contribution in [0.25, 0.3) is 0 Å². The standard InChI is InChI=1S/C14H23ClN2S/c1-17(12-5-3-2-4-6-12)10-9-16-11-13-7-8-14(15)18-13/h7-8,12,16H,2-6,9-11H2,1H3. The van der Waals surface area contributed by atoms with Crippen LogP contribution >= 0.6 is 22.9 Å². The van der Waals surface area contributed by atoms with Crippen molar-refractivity contribution in [1.82, 2.24) is 10.2 Å². The van der Waals surface area contributed by atoms with E-state index in [4.69, 9.17) is 11.6 Å². The van der Waals surface area contributed by atoms with Gasteiger partial charge in [0.1, 0.15) is 0 Å². The van der Waals surface area contributed by atoms with Crippen molar-refractivity contribution in [2.24, 2.45) is 0 Å². The lowest BCUT2D eigenvalue weighted by atomic mass is 9.94. The predicted octanol–water partition coefficient (Wildman–Crippen LogP) is 3.76. The van der Waals surface area contributed by atoms with Gasteiger partial charge >= 0.3 is 0 Å². The van der Waals surface area contributed by atoms with Crippen molar-refractivity contribution < 1.29 is 0 Å². The predicted molar refractivity (Wildman–Crippen MR) is 80.5 cm³/mol. The number of hydrogen-bond acceptors (Lipinski definition) is 3. The Bertz CT molecular complexity index is 347. The summed E-state index contributed by atoms with van der Waals surface area (Å²) >= 11 is 7.57. The van der Waals surface area contributed by atoms with E-state index in [-0.39, 0.29) is 0 Å². The van der Waals surface area contributed by atoms with Crippen molar-refractivity contribution in [3.8, 4) is 0 Å². The third-order valence-electron chi connectivity index (χ3n) is 3.77. The molecule has 0 aliphatic heterocycles. The topological polar surface area (TPSA) is 15.3 Å². The molecule has 1 aliphatic rings. The second-order valence-electron chi connectivity index (χ2n) is 5.16. The van der Waals surface area contributed by atoms with Crippen LogP contribution < -0.4 is 5.32 Å². The molecule has 0 saturated heterocycles. The summed E-state index contributed by atoms with van der Waals surface area (Å²) in [6.45, 7) is 3.14. The zero-order valence-electron chi connectivity index (χ0n) is 11.1. The molecule has 2 rings (SSSR count). The van der Waals surface area contributed by atoms with E-state index in [0.29, 0.717) is 0 Å². The van der Waals surface area contributed by atoms with Gasteiger partial charge in [-0.15, -0.1) is 11.3 Å². The van der Waals surface area contributed by atoms with E-state index in [2.05, 4.69) is 23.3 Å². The van der Waals surface area contributed by atoms with Gasteiger partial charge in [0.15, 0.2) is 0 Å². The highest BCUT2D eigenvalue weighted by Gasteiger charge is 2.17. The molecule has 1 N–H and O–H groups in total. The van der Waals surface area contributed by atoms with Gasteiger partial charge in [0.2, 0.25) is 0 Å². The molecule has 0 unspecified atom stereocenters. The summed E-state index contributed by atoms with van der Waals surface area (Å²) in [7, 11) is 2.26. The minimum absolute atomic E-state index is 0.816. The normalized spacial score (nSPS) is 17.5. The van der Waals surface area contributed by atoms with E-state index in [1.54, 1.807) is 11.3 Å². The van der Waals surface area contributed by atoms with E-state index in [9.17, 15) is 0 Å². The molecule has 1 aromatic heterocycles. The Morgan fingerprint density at radius 3 is 2.78 bits per heavy atom. The van der Waals surface area contributed by atoms with Crippen LogP contribution in [-0.4, -0.2) is 31.1 Å². The summed E-state index contributed by atoms with van der Waals surface area (Å²) in [5, 5.41) is 3.50. The maximum atomic E-state index is 5.91. The van der Waals surface area contributed by atoms with Gasteiger partial charge in [-0.25, -0.2) is 0 Å². The molecule has 1 heterocycles. The molecule has 18 heavy (non-hydrogen) atoms. The van der Waals surface area contributed by atoms with Crippen LogP contribution in [0.3, 0.4) is 0 Å². The van der Waals surface area contributed by atoms with Crippen molar-refractivity contribution in [3.63, 3.8) is 0 Å². The quantitative estimate of drug-likeness (QED) is 0.801. The Morgan fingerprint density at radius 2 is 2.11 bits per heavy atom. The third kappa shape index (κ3) is 4.54. The van der Waals surface area contributed by atoms with Crippen molar-refractivity contribution in [3.05, 3.63) is 21.3 Å². The lowest BCUT2D eigenvalue weighted by Gasteiger charge is -2.31. The van der Waals surface area contributed by atoms with Gasteiger partial charge < -0.3 is 10.2 Å². The van der Waals surface area contributed by atoms with Crippen molar-refractivity contribution in [2.45, 2.75) is 44.7 Å². The minimum Gasteiger partial charge on any atom is -0.311 e. The van der Waals surface area contributed by atoms with E-state index < -0.39 is 0 Å². The number of likely N-dealkylation sites (N-methyl/N-ethyl adjacent to an activating group) is 1. The molecule has 0 bridgehead atoms. The molecule has 1 aromatic rings. The minimum atomic E-state index is 0.816. The molecule has 102 valence electrons. The van der Waals surface area contributed by atoms with Gasteiger partial charge in [-0.05, 0) is 32.0 Å². The monoisotopic (exact) mass is 286 g/mol. The van der Waals surface area contributed by atoms with E-state index in [1.807, 2.05) is 6.07 Å². The van der Waals surface area contributed by atoms with Gasteiger partial charge in [0, 0.05) is 30.6 Å². The maximum absolute atomic E-state index is 5.91. The first-order valence-electron chi connectivity index (χ1n) is 6.91. The molecule has 4 heteroatoms. The molecule has 1 aliphatic carbocycles. The number of hydrogen-bond donors (Lipinski definition) is 1. The first-order chi connectivity index (χ1) is 8.75. The Kier molecular flexibility index (Phi) is 5.96. The average molecular weight is 287 g/mol. The van der Waals surface area contributed by atoms with Gasteiger partial charge in [-0.1, -0.05) is 30.9 Å². The Labute approximate surface area is 119 Å². The summed E-state index contributed by atoms with van der Waals surface area (Å²) in [4.78, 5) is 3.84. The number of rotatable bonds is 6. The first-order valence-corrected chi connectivity index (χ1v) is 8.10. The van der Waals surface area contributed by atoms with Crippen molar-refractivity contribution >= 4 is 22.9 Å². The van der Waals surface area contributed by atoms with Crippen molar-refractivity contribution in [2.75, 3.05) is 20.1 Å². The lowest BCUT2D eigenvalue weighted by Crippen LogP contribution is -2.37. The van der Waals surface area contributed by atoms with Gasteiger partial charge in [-0.3, -0.25) is 0 Å². The highest BCUT2D eigenvalue weighted by molar-refractivity contribution is 7.16. The molecular formula is C14H23ClN2S. The molecule has 0 aromatic carbocycles. The van der Waals surface area contributed by atoms with Gasteiger partial charge in [-0.2, -0.15) is 0 Å². The Balaban J connectivity index is 1.59. The molecule has 1 saturated carbocycles. The summed E-state index contributed by atoms with van der Waals surface area (Å²) in [6, 6.07) is 4.89. The smallest absolute Gasteiger partial charge is 0.0931 e. The molecule has 2 nitrogen and oxygen atoms in total. The fraction of sp³-hybridized carbons (Fsp3) is 0.714. The number of thiophene rings is 1.